The van der Waals surface area contributed by atoms with Crippen LogP contribution in [0.15, 0.2) is 18.2 Å². The number of nitrogens with two attached hydrogens (primary N) is 1. The lowest BCUT2D eigenvalue weighted by Crippen LogP contribution is -2.18. The Morgan fingerprint density at radius 3 is 2.63 bits per heavy atom. The summed E-state index contributed by atoms with van der Waals surface area (Å²) < 4.78 is 27.7. The van der Waals surface area contributed by atoms with Gasteiger partial charge in [0.1, 0.15) is 6.61 Å². The molecule has 2 N–H and O–H groups in total. The normalized spacial score (nSPS) is 11.3. The van der Waals surface area contributed by atoms with Crippen molar-refractivity contribution in [3.63, 3.8) is 0 Å². The maximum atomic E-state index is 11.7. The van der Waals surface area contributed by atoms with Crippen LogP contribution in [0.3, 0.4) is 0 Å². The minimum Gasteiger partial charge on any atom is -0.461 e. The first-order valence-electron chi connectivity index (χ1n) is 5.78. The summed E-state index contributed by atoms with van der Waals surface area (Å²) in [5, 5.41) is 0.416. The van der Waals surface area contributed by atoms with E-state index in [1.807, 2.05) is 0 Å². The molecule has 0 aliphatic carbocycles. The summed E-state index contributed by atoms with van der Waals surface area (Å²) in [7, 11) is -3.16. The Hall–Kier alpha value is -1.27. The van der Waals surface area contributed by atoms with Gasteiger partial charge < -0.3 is 10.5 Å². The highest BCUT2D eigenvalue weighted by atomic mass is 35.5. The lowest BCUT2D eigenvalue weighted by molar-refractivity contribution is 0.0530. The van der Waals surface area contributed by atoms with E-state index in [1.54, 1.807) is 6.92 Å². The quantitative estimate of drug-likeness (QED) is 0.641. The lowest BCUT2D eigenvalue weighted by atomic mass is 10.2. The van der Waals surface area contributed by atoms with E-state index in [0.717, 1.165) is 0 Å². The molecule has 0 saturated carbocycles. The summed E-state index contributed by atoms with van der Waals surface area (Å²) in [4.78, 5) is 11.7. The topological polar surface area (TPSA) is 86.5 Å². The fraction of sp³-hybridized carbons (Fsp3) is 0.417. The monoisotopic (exact) mass is 305 g/mol. The first kappa shape index (κ1) is 15.8. The Morgan fingerprint density at radius 2 is 2.05 bits per heavy atom. The second kappa shape index (κ2) is 6.77. The number of rotatable bonds is 6. The van der Waals surface area contributed by atoms with Crippen molar-refractivity contribution >= 4 is 33.1 Å². The smallest absolute Gasteiger partial charge is 0.340 e. The molecule has 0 saturated heterocycles. The average Bonchev–Trinajstić information content (AvgIpc) is 2.28. The molecule has 1 aromatic rings. The Labute approximate surface area is 117 Å². The van der Waals surface area contributed by atoms with Gasteiger partial charge in [0.05, 0.1) is 17.1 Å². The highest BCUT2D eigenvalue weighted by Crippen LogP contribution is 2.18. The number of carbonyl (C=O) groups is 1. The molecule has 1 rings (SSSR count). The van der Waals surface area contributed by atoms with E-state index in [1.165, 1.54) is 18.2 Å². The molecule has 7 heteroatoms. The third kappa shape index (κ3) is 5.08. The van der Waals surface area contributed by atoms with E-state index in [9.17, 15) is 13.2 Å². The van der Waals surface area contributed by atoms with Gasteiger partial charge in [-0.1, -0.05) is 18.5 Å². The maximum Gasteiger partial charge on any atom is 0.340 e. The van der Waals surface area contributed by atoms with E-state index in [-0.39, 0.29) is 29.4 Å². The molecular formula is C12H16ClNO4S. The van der Waals surface area contributed by atoms with E-state index in [4.69, 9.17) is 22.1 Å². The number of hydrogen-bond acceptors (Lipinski definition) is 5. The van der Waals surface area contributed by atoms with Crippen LogP contribution in [0.2, 0.25) is 5.02 Å². The Morgan fingerprint density at radius 1 is 1.37 bits per heavy atom. The second-order valence-electron chi connectivity index (χ2n) is 4.02. The van der Waals surface area contributed by atoms with Crippen LogP contribution in [0.5, 0.6) is 0 Å². The van der Waals surface area contributed by atoms with Crippen molar-refractivity contribution in [2.24, 2.45) is 0 Å². The minimum absolute atomic E-state index is 0.0909. The fourth-order valence-electron chi connectivity index (χ4n) is 1.47. The van der Waals surface area contributed by atoms with Crippen molar-refractivity contribution in [2.45, 2.75) is 13.3 Å². The lowest BCUT2D eigenvalue weighted by Gasteiger charge is -2.07. The minimum atomic E-state index is -3.16. The van der Waals surface area contributed by atoms with Crippen LogP contribution >= 0.6 is 11.6 Å². The molecule has 0 aromatic heterocycles. The largest absolute Gasteiger partial charge is 0.461 e. The number of sulfone groups is 1. The van der Waals surface area contributed by atoms with Crippen molar-refractivity contribution in [3.8, 4) is 0 Å². The second-order valence-corrected chi connectivity index (χ2v) is 6.76. The molecule has 0 heterocycles. The van der Waals surface area contributed by atoms with Crippen LogP contribution in [0.4, 0.5) is 5.69 Å². The number of ether oxygens (including phenoxy) is 1. The van der Waals surface area contributed by atoms with Crippen molar-refractivity contribution in [2.75, 3.05) is 23.8 Å². The molecule has 0 spiro atoms. The highest BCUT2D eigenvalue weighted by Gasteiger charge is 2.14. The summed E-state index contributed by atoms with van der Waals surface area (Å²) in [5.74, 6) is -0.742. The van der Waals surface area contributed by atoms with Gasteiger partial charge in [-0.2, -0.15) is 0 Å². The van der Waals surface area contributed by atoms with E-state index in [2.05, 4.69) is 0 Å². The zero-order chi connectivity index (χ0) is 14.5. The SMILES string of the molecule is CCCS(=O)(=O)CCOC(=O)c1ccc(Cl)cc1N. The highest BCUT2D eigenvalue weighted by molar-refractivity contribution is 7.91. The first-order valence-corrected chi connectivity index (χ1v) is 7.98. The maximum absolute atomic E-state index is 11.7. The molecule has 5 nitrogen and oxygen atoms in total. The van der Waals surface area contributed by atoms with Crippen molar-refractivity contribution in [1.82, 2.24) is 0 Å². The van der Waals surface area contributed by atoms with Crippen LogP contribution in [0, 0.1) is 0 Å². The van der Waals surface area contributed by atoms with Crippen LogP contribution in [-0.4, -0.2) is 32.5 Å². The number of anilines is 1. The van der Waals surface area contributed by atoms with E-state index in [0.29, 0.717) is 11.4 Å². The molecule has 0 amide bonds. The van der Waals surface area contributed by atoms with Gasteiger partial charge in [-0.25, -0.2) is 13.2 Å². The van der Waals surface area contributed by atoms with Gasteiger partial charge >= 0.3 is 5.97 Å². The number of esters is 1. The van der Waals surface area contributed by atoms with Gasteiger partial charge in [-0.3, -0.25) is 0 Å². The standard InChI is InChI=1S/C12H16ClNO4S/c1-2-6-19(16,17)7-5-18-12(15)10-4-3-9(13)8-11(10)14/h3-4,8H,2,5-7,14H2,1H3. The molecule has 0 atom stereocenters. The molecule has 0 radical (unpaired) electrons. The zero-order valence-electron chi connectivity index (χ0n) is 10.6. The summed E-state index contributed by atoms with van der Waals surface area (Å²) in [6.07, 6.45) is 0.542. The predicted octanol–water partition coefficient (Wildman–Crippen LogP) is 1.90. The van der Waals surface area contributed by atoms with Crippen molar-refractivity contribution < 1.29 is 17.9 Å². The molecule has 106 valence electrons. The van der Waals surface area contributed by atoms with Gasteiger partial charge in [0.15, 0.2) is 9.84 Å². The average molecular weight is 306 g/mol. The van der Waals surface area contributed by atoms with Gasteiger partial charge in [0, 0.05) is 10.7 Å². The molecule has 1 aromatic carbocycles. The van der Waals surface area contributed by atoms with E-state index < -0.39 is 15.8 Å². The van der Waals surface area contributed by atoms with Crippen LogP contribution in [0.25, 0.3) is 0 Å². The Bertz CT molecular complexity index is 557. The third-order valence-electron chi connectivity index (χ3n) is 2.38. The molecule has 0 bridgehead atoms. The zero-order valence-corrected chi connectivity index (χ0v) is 12.1. The predicted molar refractivity (Wildman–Crippen MR) is 75.1 cm³/mol. The molecule has 0 fully saturated rings. The fourth-order valence-corrected chi connectivity index (χ4v) is 2.82. The first-order chi connectivity index (χ1) is 8.85. The molecule has 0 unspecified atom stereocenters. The molecule has 0 aliphatic heterocycles. The van der Waals surface area contributed by atoms with Gasteiger partial charge in [-0.05, 0) is 24.6 Å². The summed E-state index contributed by atoms with van der Waals surface area (Å²) in [5.41, 5.74) is 6.00. The summed E-state index contributed by atoms with van der Waals surface area (Å²) in [6.45, 7) is 1.60. The molecule has 19 heavy (non-hydrogen) atoms. The number of benzene rings is 1. The van der Waals surface area contributed by atoms with Crippen LogP contribution < -0.4 is 5.73 Å². The number of nitrogen functional groups attached to an aromatic ring is 1. The van der Waals surface area contributed by atoms with E-state index >= 15 is 0 Å². The van der Waals surface area contributed by atoms with Gasteiger partial charge in [0.2, 0.25) is 0 Å². The summed E-state index contributed by atoms with van der Waals surface area (Å²) >= 11 is 5.71. The third-order valence-corrected chi connectivity index (χ3v) is 4.43. The molecule has 0 aliphatic rings. The van der Waals surface area contributed by atoms with Crippen molar-refractivity contribution in [3.05, 3.63) is 28.8 Å². The van der Waals surface area contributed by atoms with Crippen LogP contribution in [-0.2, 0) is 14.6 Å². The number of halogens is 1. The summed E-state index contributed by atoms with van der Waals surface area (Å²) in [6, 6.07) is 4.40. The van der Waals surface area contributed by atoms with Gasteiger partial charge in [-0.15, -0.1) is 0 Å². The number of hydrogen-bond donors (Lipinski definition) is 1. The Balaban J connectivity index is 2.57. The molecular weight excluding hydrogens is 290 g/mol. The van der Waals surface area contributed by atoms with Crippen molar-refractivity contribution in [1.29, 1.82) is 0 Å². The Kier molecular flexibility index (Phi) is 5.62. The van der Waals surface area contributed by atoms with Crippen LogP contribution in [0.1, 0.15) is 23.7 Å². The van der Waals surface area contributed by atoms with Gasteiger partial charge in [0.25, 0.3) is 0 Å². The number of carbonyl (C=O) groups excluding carboxylic acids is 1.